The van der Waals surface area contributed by atoms with Crippen LogP contribution < -0.4 is 5.69 Å². The molecule has 1 aromatic rings. The summed E-state index contributed by atoms with van der Waals surface area (Å²) in [5.74, 6) is 0. The lowest BCUT2D eigenvalue weighted by atomic mass is 10.4. The van der Waals surface area contributed by atoms with Crippen LogP contribution in [0.2, 0.25) is 0 Å². The second kappa shape index (κ2) is 8.00. The van der Waals surface area contributed by atoms with Gasteiger partial charge in [-0.15, -0.1) is 0 Å². The van der Waals surface area contributed by atoms with Crippen LogP contribution in [-0.2, 0) is 11.3 Å². The van der Waals surface area contributed by atoms with Crippen molar-refractivity contribution >= 4 is 0 Å². The zero-order valence-corrected chi connectivity index (χ0v) is 11.6. The van der Waals surface area contributed by atoms with Crippen molar-refractivity contribution in [1.82, 2.24) is 14.5 Å². The van der Waals surface area contributed by atoms with Gasteiger partial charge in [0, 0.05) is 38.6 Å². The van der Waals surface area contributed by atoms with Gasteiger partial charge in [-0.3, -0.25) is 9.47 Å². The lowest BCUT2D eigenvalue weighted by molar-refractivity contribution is 0.0362. The number of aryl methyl sites for hydroxylation is 1. The molecule has 0 saturated carbocycles. The molecule has 1 fully saturated rings. The summed E-state index contributed by atoms with van der Waals surface area (Å²) >= 11 is 0. The van der Waals surface area contributed by atoms with Crippen molar-refractivity contribution in [1.29, 1.82) is 0 Å². The Labute approximate surface area is 108 Å². The van der Waals surface area contributed by atoms with Crippen molar-refractivity contribution in [3.05, 3.63) is 28.4 Å². The molecule has 102 valence electrons. The molecule has 2 rings (SSSR count). The van der Waals surface area contributed by atoms with E-state index < -0.39 is 0 Å². The van der Waals surface area contributed by atoms with Crippen LogP contribution in [0.5, 0.6) is 0 Å². The molecule has 0 N–H and O–H groups in total. The first-order valence-electron chi connectivity index (χ1n) is 6.59. The van der Waals surface area contributed by atoms with E-state index in [9.17, 15) is 4.79 Å². The molecule has 1 aliphatic heterocycles. The van der Waals surface area contributed by atoms with E-state index in [4.69, 9.17) is 4.74 Å². The molecule has 1 saturated heterocycles. The fourth-order valence-corrected chi connectivity index (χ4v) is 1.80. The minimum absolute atomic E-state index is 0.168. The zero-order valence-electron chi connectivity index (χ0n) is 11.6. The van der Waals surface area contributed by atoms with Gasteiger partial charge in [0.1, 0.15) is 0 Å². The highest BCUT2D eigenvalue weighted by atomic mass is 16.5. The Balaban J connectivity index is 0.000000771. The van der Waals surface area contributed by atoms with E-state index in [1.165, 1.54) is 0 Å². The van der Waals surface area contributed by atoms with E-state index >= 15 is 0 Å². The van der Waals surface area contributed by atoms with E-state index in [0.29, 0.717) is 6.54 Å². The summed E-state index contributed by atoms with van der Waals surface area (Å²) in [7, 11) is 0. The number of rotatable bonds is 3. The van der Waals surface area contributed by atoms with Crippen LogP contribution in [-0.4, -0.2) is 47.3 Å². The molecule has 0 unspecified atom stereocenters. The van der Waals surface area contributed by atoms with Crippen molar-refractivity contribution in [2.75, 3.05) is 32.8 Å². The Morgan fingerprint density at radius 3 is 2.61 bits per heavy atom. The third-order valence-corrected chi connectivity index (χ3v) is 2.74. The largest absolute Gasteiger partial charge is 0.379 e. The molecule has 0 atom stereocenters. The summed E-state index contributed by atoms with van der Waals surface area (Å²) < 4.78 is 6.94. The Morgan fingerprint density at radius 2 is 1.94 bits per heavy atom. The highest BCUT2D eigenvalue weighted by Crippen LogP contribution is 1.97. The third-order valence-electron chi connectivity index (χ3n) is 2.74. The second-order valence-electron chi connectivity index (χ2n) is 4.06. The molecule has 18 heavy (non-hydrogen) atoms. The van der Waals surface area contributed by atoms with Crippen molar-refractivity contribution in [3.63, 3.8) is 0 Å². The zero-order chi connectivity index (χ0) is 13.4. The molecule has 2 heterocycles. The predicted molar refractivity (Wildman–Crippen MR) is 71.8 cm³/mol. The van der Waals surface area contributed by atoms with E-state index in [1.807, 2.05) is 27.0 Å². The van der Waals surface area contributed by atoms with Gasteiger partial charge in [0.05, 0.1) is 13.2 Å². The summed E-state index contributed by atoms with van der Waals surface area (Å²) in [4.78, 5) is 17.6. The molecule has 0 amide bonds. The lowest BCUT2D eigenvalue weighted by Gasteiger charge is -2.26. The maximum Gasteiger partial charge on any atom is 0.347 e. The van der Waals surface area contributed by atoms with Gasteiger partial charge < -0.3 is 4.74 Å². The van der Waals surface area contributed by atoms with Crippen molar-refractivity contribution in [2.45, 2.75) is 27.3 Å². The average Bonchev–Trinajstić information content (AvgIpc) is 2.43. The van der Waals surface area contributed by atoms with Crippen LogP contribution in [0.1, 0.15) is 19.4 Å². The molecule has 0 bridgehead atoms. The third kappa shape index (κ3) is 4.58. The SMILES string of the molecule is CC.Cc1cnc(=O)n(CCN2CCOCC2)c1. The van der Waals surface area contributed by atoms with Crippen LogP contribution in [0.25, 0.3) is 0 Å². The topological polar surface area (TPSA) is 47.4 Å². The van der Waals surface area contributed by atoms with Gasteiger partial charge in [0.15, 0.2) is 0 Å². The summed E-state index contributed by atoms with van der Waals surface area (Å²) in [6.07, 6.45) is 3.46. The van der Waals surface area contributed by atoms with Crippen LogP contribution in [0, 0.1) is 6.92 Å². The summed E-state index contributed by atoms with van der Waals surface area (Å²) in [6.45, 7) is 11.0. The quantitative estimate of drug-likeness (QED) is 0.803. The second-order valence-corrected chi connectivity index (χ2v) is 4.06. The average molecular weight is 253 g/mol. The van der Waals surface area contributed by atoms with Gasteiger partial charge in [0.2, 0.25) is 0 Å². The number of morpholine rings is 1. The van der Waals surface area contributed by atoms with Gasteiger partial charge in [-0.05, 0) is 12.5 Å². The maximum atomic E-state index is 11.5. The van der Waals surface area contributed by atoms with Gasteiger partial charge in [-0.25, -0.2) is 9.78 Å². The van der Waals surface area contributed by atoms with Gasteiger partial charge in [0.25, 0.3) is 0 Å². The Kier molecular flexibility index (Phi) is 6.60. The molecule has 5 heteroatoms. The van der Waals surface area contributed by atoms with Crippen LogP contribution in [0.3, 0.4) is 0 Å². The highest BCUT2D eigenvalue weighted by Gasteiger charge is 2.10. The standard InChI is InChI=1S/C11H17N3O2.C2H6/c1-10-8-12-11(15)14(9-10)3-2-13-4-6-16-7-5-13;1-2/h8-9H,2-7H2,1H3;1-2H3. The molecule has 1 aromatic heterocycles. The molecule has 0 aromatic carbocycles. The van der Waals surface area contributed by atoms with Crippen LogP contribution in [0.4, 0.5) is 0 Å². The molecule has 5 nitrogen and oxygen atoms in total. The normalized spacial score (nSPS) is 15.9. The molecular formula is C13H23N3O2. The highest BCUT2D eigenvalue weighted by molar-refractivity contribution is 4.99. The predicted octanol–water partition coefficient (Wildman–Crippen LogP) is 0.910. The first-order chi connectivity index (χ1) is 8.75. The number of aromatic nitrogens is 2. The monoisotopic (exact) mass is 253 g/mol. The van der Waals surface area contributed by atoms with Gasteiger partial charge >= 0.3 is 5.69 Å². The Morgan fingerprint density at radius 1 is 1.28 bits per heavy atom. The first-order valence-corrected chi connectivity index (χ1v) is 6.59. The Hall–Kier alpha value is -1.20. The molecule has 0 radical (unpaired) electrons. The summed E-state index contributed by atoms with van der Waals surface area (Å²) in [5, 5.41) is 0. The number of hydrogen-bond donors (Lipinski definition) is 0. The van der Waals surface area contributed by atoms with Crippen molar-refractivity contribution in [3.8, 4) is 0 Å². The van der Waals surface area contributed by atoms with Crippen LogP contribution >= 0.6 is 0 Å². The van der Waals surface area contributed by atoms with Crippen molar-refractivity contribution < 1.29 is 4.74 Å². The van der Waals surface area contributed by atoms with E-state index in [1.54, 1.807) is 10.8 Å². The van der Waals surface area contributed by atoms with Crippen molar-refractivity contribution in [2.24, 2.45) is 0 Å². The fraction of sp³-hybridized carbons (Fsp3) is 0.692. The van der Waals surface area contributed by atoms with Crippen LogP contribution in [0.15, 0.2) is 17.2 Å². The molecular weight excluding hydrogens is 230 g/mol. The minimum Gasteiger partial charge on any atom is -0.379 e. The maximum absolute atomic E-state index is 11.5. The summed E-state index contributed by atoms with van der Waals surface area (Å²) in [5.41, 5.74) is 0.848. The minimum atomic E-state index is -0.168. The van der Waals surface area contributed by atoms with E-state index in [0.717, 1.165) is 38.4 Å². The fourth-order valence-electron chi connectivity index (χ4n) is 1.80. The number of hydrogen-bond acceptors (Lipinski definition) is 4. The van der Waals surface area contributed by atoms with E-state index in [2.05, 4.69) is 9.88 Å². The number of ether oxygens (including phenoxy) is 1. The smallest absolute Gasteiger partial charge is 0.347 e. The summed E-state index contributed by atoms with van der Waals surface area (Å²) in [6, 6.07) is 0. The van der Waals surface area contributed by atoms with Gasteiger partial charge in [-0.2, -0.15) is 0 Å². The number of nitrogens with zero attached hydrogens (tertiary/aromatic N) is 3. The molecule has 0 aliphatic carbocycles. The van der Waals surface area contributed by atoms with Gasteiger partial charge in [-0.1, -0.05) is 13.8 Å². The Bertz CT molecular complexity index is 397. The lowest BCUT2D eigenvalue weighted by Crippen LogP contribution is -2.39. The molecule has 0 spiro atoms. The molecule has 1 aliphatic rings. The van der Waals surface area contributed by atoms with E-state index in [-0.39, 0.29) is 5.69 Å². The first kappa shape index (κ1) is 14.9.